The highest BCUT2D eigenvalue weighted by molar-refractivity contribution is 8.01. The molecule has 0 spiro atoms. The number of nitrogens with one attached hydrogen (secondary N) is 1. The van der Waals surface area contributed by atoms with Crippen molar-refractivity contribution in [3.63, 3.8) is 0 Å². The van der Waals surface area contributed by atoms with Crippen molar-refractivity contribution in [3.8, 4) is 6.07 Å². The molecule has 1 unspecified atom stereocenters. The number of hydrogen-bond acceptors (Lipinski definition) is 6. The van der Waals surface area contributed by atoms with Crippen molar-refractivity contribution in [2.24, 2.45) is 0 Å². The molecule has 1 heterocycles. The first kappa shape index (κ1) is 13.8. The Morgan fingerprint density at radius 1 is 1.42 bits per heavy atom. The van der Waals surface area contributed by atoms with Crippen LogP contribution in [-0.4, -0.2) is 15.4 Å². The molecule has 1 aromatic heterocycles. The summed E-state index contributed by atoms with van der Waals surface area (Å²) in [5.74, 6) is 0. The van der Waals surface area contributed by atoms with Crippen molar-refractivity contribution in [2.45, 2.75) is 29.9 Å². The van der Waals surface area contributed by atoms with Crippen molar-refractivity contribution in [3.05, 3.63) is 29.8 Å². The van der Waals surface area contributed by atoms with Crippen LogP contribution in [0.2, 0.25) is 0 Å². The Kier molecular flexibility index (Phi) is 4.77. The maximum absolute atomic E-state index is 8.78. The van der Waals surface area contributed by atoms with Crippen LogP contribution in [0.25, 0.3) is 0 Å². The van der Waals surface area contributed by atoms with Crippen molar-refractivity contribution in [2.75, 3.05) is 5.32 Å². The molecule has 0 aliphatic heterocycles. The van der Waals surface area contributed by atoms with Gasteiger partial charge in [-0.15, -0.1) is 10.2 Å². The van der Waals surface area contributed by atoms with Crippen LogP contribution in [0.15, 0.2) is 28.6 Å². The number of nitrogens with zero attached hydrogens (tertiary/aromatic N) is 3. The minimum Gasteiger partial charge on any atom is -0.330 e. The maximum Gasteiger partial charge on any atom is 0.210 e. The molecule has 0 amide bonds. The van der Waals surface area contributed by atoms with Gasteiger partial charge in [0.15, 0.2) is 4.34 Å². The van der Waals surface area contributed by atoms with E-state index in [9.17, 15) is 0 Å². The number of benzene rings is 1. The van der Waals surface area contributed by atoms with Crippen LogP contribution in [0.4, 0.5) is 10.8 Å². The number of thioether (sulfide) groups is 1. The van der Waals surface area contributed by atoms with E-state index in [2.05, 4.69) is 34.6 Å². The summed E-state index contributed by atoms with van der Waals surface area (Å²) >= 11 is 2.90. The summed E-state index contributed by atoms with van der Waals surface area (Å²) in [6.07, 6.45) is 0.967. The summed E-state index contributed by atoms with van der Waals surface area (Å²) < 4.78 is 0.811. The van der Waals surface area contributed by atoms with Gasteiger partial charge in [0.25, 0.3) is 0 Å². The lowest BCUT2D eigenvalue weighted by atomic mass is 10.1. The lowest BCUT2D eigenvalue weighted by Crippen LogP contribution is -1.94. The molecule has 0 saturated carbocycles. The third-order valence-corrected chi connectivity index (χ3v) is 4.42. The van der Waals surface area contributed by atoms with E-state index >= 15 is 0 Å². The van der Waals surface area contributed by atoms with Crippen molar-refractivity contribution >= 4 is 33.9 Å². The van der Waals surface area contributed by atoms with Crippen LogP contribution >= 0.6 is 23.1 Å². The zero-order valence-electron chi connectivity index (χ0n) is 10.8. The number of rotatable bonds is 5. The Hall–Kier alpha value is -1.58. The number of aryl methyl sites for hydroxylation is 1. The van der Waals surface area contributed by atoms with E-state index in [1.54, 1.807) is 0 Å². The van der Waals surface area contributed by atoms with Gasteiger partial charge < -0.3 is 5.32 Å². The number of aromatic nitrogens is 2. The quantitative estimate of drug-likeness (QED) is 0.847. The minimum atomic E-state index is -0.108. The Labute approximate surface area is 120 Å². The molecular formula is C13H14N4S2. The van der Waals surface area contributed by atoms with Gasteiger partial charge in [-0.1, -0.05) is 48.2 Å². The van der Waals surface area contributed by atoms with E-state index in [0.29, 0.717) is 0 Å². The number of hydrogen-bond donors (Lipinski definition) is 1. The van der Waals surface area contributed by atoms with Gasteiger partial charge >= 0.3 is 0 Å². The van der Waals surface area contributed by atoms with E-state index in [1.165, 1.54) is 28.7 Å². The highest BCUT2D eigenvalue weighted by Gasteiger charge is 2.10. The second-order valence-electron chi connectivity index (χ2n) is 3.90. The highest BCUT2D eigenvalue weighted by Crippen LogP contribution is 2.30. The van der Waals surface area contributed by atoms with E-state index in [-0.39, 0.29) is 5.25 Å². The lowest BCUT2D eigenvalue weighted by Gasteiger charge is -2.07. The molecule has 0 bridgehead atoms. The smallest absolute Gasteiger partial charge is 0.210 e. The third-order valence-electron chi connectivity index (χ3n) is 2.51. The maximum atomic E-state index is 8.78. The van der Waals surface area contributed by atoms with Crippen LogP contribution in [-0.2, 0) is 6.42 Å². The van der Waals surface area contributed by atoms with Crippen molar-refractivity contribution in [1.29, 1.82) is 5.26 Å². The monoisotopic (exact) mass is 290 g/mol. The van der Waals surface area contributed by atoms with Crippen LogP contribution < -0.4 is 5.32 Å². The first-order valence-electron chi connectivity index (χ1n) is 5.97. The fourth-order valence-electron chi connectivity index (χ4n) is 1.55. The average molecular weight is 290 g/mol. The van der Waals surface area contributed by atoms with Crippen molar-refractivity contribution in [1.82, 2.24) is 10.2 Å². The Morgan fingerprint density at radius 2 is 2.21 bits per heavy atom. The second kappa shape index (κ2) is 6.55. The van der Waals surface area contributed by atoms with Gasteiger partial charge in [0, 0.05) is 5.69 Å². The zero-order chi connectivity index (χ0) is 13.7. The molecule has 0 fully saturated rings. The first-order valence-corrected chi connectivity index (χ1v) is 7.67. The van der Waals surface area contributed by atoms with E-state index in [1.807, 2.05) is 25.1 Å². The summed E-state index contributed by atoms with van der Waals surface area (Å²) in [7, 11) is 0. The standard InChI is InChI=1S/C13H14N4S2/c1-3-10-6-4-5-7-11(10)15-12-16-17-13(19-12)18-9(2)8-14/h4-7,9H,3H2,1-2H3,(H,15,16). The molecule has 4 nitrogen and oxygen atoms in total. The Morgan fingerprint density at radius 3 is 2.95 bits per heavy atom. The zero-order valence-corrected chi connectivity index (χ0v) is 12.4. The fourth-order valence-corrected chi connectivity index (χ4v) is 3.35. The molecule has 2 rings (SSSR count). The second-order valence-corrected chi connectivity index (χ2v) is 6.46. The minimum absolute atomic E-state index is 0.108. The molecule has 2 aromatic rings. The molecule has 0 aliphatic rings. The highest BCUT2D eigenvalue weighted by atomic mass is 32.2. The molecule has 1 N–H and O–H groups in total. The molecule has 19 heavy (non-hydrogen) atoms. The van der Waals surface area contributed by atoms with E-state index in [0.717, 1.165) is 21.6 Å². The van der Waals surface area contributed by atoms with Gasteiger partial charge in [0.1, 0.15) is 0 Å². The lowest BCUT2D eigenvalue weighted by molar-refractivity contribution is 1.01. The van der Waals surface area contributed by atoms with Gasteiger partial charge in [0.2, 0.25) is 5.13 Å². The van der Waals surface area contributed by atoms with Gasteiger partial charge in [0.05, 0.1) is 11.3 Å². The Bertz CT molecular complexity index is 588. The predicted molar refractivity (Wildman–Crippen MR) is 79.9 cm³/mol. The van der Waals surface area contributed by atoms with Gasteiger partial charge in [-0.3, -0.25) is 0 Å². The molecule has 98 valence electrons. The normalized spacial score (nSPS) is 11.8. The van der Waals surface area contributed by atoms with Crippen LogP contribution in [0, 0.1) is 11.3 Å². The summed E-state index contributed by atoms with van der Waals surface area (Å²) in [6.45, 7) is 3.97. The van der Waals surface area contributed by atoms with E-state index in [4.69, 9.17) is 5.26 Å². The first-order chi connectivity index (χ1) is 9.22. The molecule has 0 saturated heterocycles. The van der Waals surface area contributed by atoms with Crippen LogP contribution in [0.5, 0.6) is 0 Å². The van der Waals surface area contributed by atoms with Crippen molar-refractivity contribution < 1.29 is 0 Å². The SMILES string of the molecule is CCc1ccccc1Nc1nnc(SC(C)C#N)s1. The summed E-state index contributed by atoms with van der Waals surface area (Å²) in [4.78, 5) is 0. The van der Waals surface area contributed by atoms with Gasteiger partial charge in [-0.05, 0) is 25.0 Å². The number of para-hydroxylation sites is 1. The largest absolute Gasteiger partial charge is 0.330 e. The average Bonchev–Trinajstić information content (AvgIpc) is 2.86. The fraction of sp³-hybridized carbons (Fsp3) is 0.308. The predicted octanol–water partition coefficient (Wildman–Crippen LogP) is 3.85. The third kappa shape index (κ3) is 3.69. The number of nitriles is 1. The Balaban J connectivity index is 2.10. The van der Waals surface area contributed by atoms with E-state index < -0.39 is 0 Å². The number of anilines is 2. The molecule has 1 atom stereocenters. The molecular weight excluding hydrogens is 276 g/mol. The molecule has 0 radical (unpaired) electrons. The summed E-state index contributed by atoms with van der Waals surface area (Å²) in [6, 6.07) is 10.3. The summed E-state index contributed by atoms with van der Waals surface area (Å²) in [5.41, 5.74) is 2.31. The van der Waals surface area contributed by atoms with Gasteiger partial charge in [-0.2, -0.15) is 5.26 Å². The van der Waals surface area contributed by atoms with Crippen LogP contribution in [0.3, 0.4) is 0 Å². The van der Waals surface area contributed by atoms with Crippen LogP contribution in [0.1, 0.15) is 19.4 Å². The summed E-state index contributed by atoms with van der Waals surface area (Å²) in [5, 5.41) is 20.9. The molecule has 6 heteroatoms. The van der Waals surface area contributed by atoms with Gasteiger partial charge in [-0.25, -0.2) is 0 Å². The molecule has 0 aliphatic carbocycles. The topological polar surface area (TPSA) is 61.6 Å². The molecule has 1 aromatic carbocycles.